The van der Waals surface area contributed by atoms with Gasteiger partial charge in [-0.15, -0.1) is 0 Å². The zero-order valence-electron chi connectivity index (χ0n) is 13.0. The van der Waals surface area contributed by atoms with Crippen LogP contribution in [0.25, 0.3) is 0 Å². The molecule has 1 aromatic heterocycles. The Kier molecular flexibility index (Phi) is 5.08. The van der Waals surface area contributed by atoms with E-state index >= 15 is 0 Å². The van der Waals surface area contributed by atoms with E-state index in [2.05, 4.69) is 27.4 Å². The molecule has 24 heavy (non-hydrogen) atoms. The van der Waals surface area contributed by atoms with E-state index in [1.165, 1.54) is 5.56 Å². The quantitative estimate of drug-likeness (QED) is 0.549. The van der Waals surface area contributed by atoms with Crippen LogP contribution in [0.3, 0.4) is 0 Å². The molecule has 0 unspecified atom stereocenters. The molecular formula is C19H17ClN4. The van der Waals surface area contributed by atoms with Crippen molar-refractivity contribution in [2.45, 2.75) is 6.42 Å². The fraction of sp³-hybridized carbons (Fsp3) is 0.0526. The van der Waals surface area contributed by atoms with Crippen LogP contribution in [0, 0.1) is 0 Å². The Balaban J connectivity index is 1.72. The molecule has 0 aliphatic carbocycles. The van der Waals surface area contributed by atoms with Crippen molar-refractivity contribution >= 4 is 29.1 Å². The van der Waals surface area contributed by atoms with Crippen LogP contribution in [0.2, 0.25) is 5.02 Å². The molecule has 0 saturated carbocycles. The molecule has 0 spiro atoms. The Bertz CT molecular complexity index is 830. The molecule has 3 aromatic rings. The van der Waals surface area contributed by atoms with Crippen molar-refractivity contribution in [1.29, 1.82) is 0 Å². The average Bonchev–Trinajstić information content (AvgIpc) is 2.58. The van der Waals surface area contributed by atoms with Gasteiger partial charge in [0, 0.05) is 22.8 Å². The van der Waals surface area contributed by atoms with Gasteiger partial charge in [-0.1, -0.05) is 48.0 Å². The highest BCUT2D eigenvalue weighted by Gasteiger charge is 2.01. The lowest BCUT2D eigenvalue weighted by Gasteiger charge is -2.06. The topological polar surface area (TPSA) is 63.3 Å². The van der Waals surface area contributed by atoms with Gasteiger partial charge in [0.15, 0.2) is 11.8 Å². The Morgan fingerprint density at radius 3 is 2.46 bits per heavy atom. The molecule has 5 heteroatoms. The number of anilines is 1. The molecule has 0 fully saturated rings. The number of nitrogens with one attached hydrogen (secondary N) is 1. The number of guanidine groups is 1. The summed E-state index contributed by atoms with van der Waals surface area (Å²) in [6, 6.07) is 23.2. The summed E-state index contributed by atoms with van der Waals surface area (Å²) in [5, 5.41) is 3.69. The number of aliphatic imine (C=N–C) groups is 1. The number of nitrogens with two attached hydrogens (primary N) is 1. The van der Waals surface area contributed by atoms with E-state index in [4.69, 9.17) is 17.3 Å². The van der Waals surface area contributed by atoms with Gasteiger partial charge in [-0.3, -0.25) is 0 Å². The van der Waals surface area contributed by atoms with E-state index in [0.29, 0.717) is 10.8 Å². The lowest BCUT2D eigenvalue weighted by molar-refractivity contribution is 1.07. The van der Waals surface area contributed by atoms with Gasteiger partial charge in [0.05, 0.1) is 0 Å². The van der Waals surface area contributed by atoms with Gasteiger partial charge in [0.2, 0.25) is 0 Å². The van der Waals surface area contributed by atoms with Gasteiger partial charge in [0.1, 0.15) is 0 Å². The number of pyridine rings is 1. The summed E-state index contributed by atoms with van der Waals surface area (Å²) in [7, 11) is 0. The first-order valence-corrected chi connectivity index (χ1v) is 7.93. The predicted octanol–water partition coefficient (Wildman–Crippen LogP) is 4.38. The van der Waals surface area contributed by atoms with Crippen LogP contribution in [-0.2, 0) is 6.42 Å². The van der Waals surface area contributed by atoms with Crippen LogP contribution in [0.5, 0.6) is 0 Å². The van der Waals surface area contributed by atoms with Crippen LogP contribution in [0.1, 0.15) is 11.3 Å². The highest BCUT2D eigenvalue weighted by Crippen LogP contribution is 2.15. The van der Waals surface area contributed by atoms with Crippen molar-refractivity contribution in [3.05, 3.63) is 89.1 Å². The van der Waals surface area contributed by atoms with Crippen LogP contribution >= 0.6 is 11.6 Å². The SMILES string of the molecule is NC(=Nc1cccc(Cc2ccccc2)n1)Nc1ccc(Cl)cc1. The number of aromatic nitrogens is 1. The van der Waals surface area contributed by atoms with Crippen molar-refractivity contribution in [1.82, 2.24) is 4.98 Å². The van der Waals surface area contributed by atoms with Gasteiger partial charge in [-0.2, -0.15) is 4.99 Å². The van der Waals surface area contributed by atoms with Crippen molar-refractivity contribution in [2.24, 2.45) is 10.7 Å². The second-order valence-electron chi connectivity index (χ2n) is 5.28. The van der Waals surface area contributed by atoms with Gasteiger partial charge >= 0.3 is 0 Å². The van der Waals surface area contributed by atoms with Gasteiger partial charge in [0.25, 0.3) is 0 Å². The number of benzene rings is 2. The van der Waals surface area contributed by atoms with E-state index in [1.807, 2.05) is 48.5 Å². The fourth-order valence-corrected chi connectivity index (χ4v) is 2.39. The molecule has 120 valence electrons. The first kappa shape index (κ1) is 16.0. The summed E-state index contributed by atoms with van der Waals surface area (Å²) in [6.07, 6.45) is 0.759. The minimum absolute atomic E-state index is 0.279. The van der Waals surface area contributed by atoms with Crippen molar-refractivity contribution in [3.8, 4) is 0 Å². The van der Waals surface area contributed by atoms with Crippen LogP contribution in [0.4, 0.5) is 11.5 Å². The number of halogens is 1. The first-order valence-electron chi connectivity index (χ1n) is 7.56. The molecule has 0 atom stereocenters. The van der Waals surface area contributed by atoms with Crippen molar-refractivity contribution < 1.29 is 0 Å². The third-order valence-corrected chi connectivity index (χ3v) is 3.62. The third kappa shape index (κ3) is 4.57. The molecule has 0 amide bonds. The molecule has 0 aliphatic heterocycles. The Labute approximate surface area is 146 Å². The fourth-order valence-electron chi connectivity index (χ4n) is 2.27. The number of hydrogen-bond donors (Lipinski definition) is 2. The number of nitrogens with zero attached hydrogens (tertiary/aromatic N) is 2. The molecular weight excluding hydrogens is 320 g/mol. The third-order valence-electron chi connectivity index (χ3n) is 3.37. The minimum atomic E-state index is 0.279. The highest BCUT2D eigenvalue weighted by atomic mass is 35.5. The van der Waals surface area contributed by atoms with E-state index < -0.39 is 0 Å². The van der Waals surface area contributed by atoms with Crippen LogP contribution in [0.15, 0.2) is 77.8 Å². The predicted molar refractivity (Wildman–Crippen MR) is 99.8 cm³/mol. The summed E-state index contributed by atoms with van der Waals surface area (Å²) in [5.74, 6) is 0.851. The maximum Gasteiger partial charge on any atom is 0.199 e. The summed E-state index contributed by atoms with van der Waals surface area (Å²) in [6.45, 7) is 0. The molecule has 3 N–H and O–H groups in total. The largest absolute Gasteiger partial charge is 0.369 e. The molecule has 0 saturated heterocycles. The lowest BCUT2D eigenvalue weighted by Crippen LogP contribution is -2.22. The zero-order valence-corrected chi connectivity index (χ0v) is 13.7. The zero-order chi connectivity index (χ0) is 16.8. The molecule has 0 aliphatic rings. The van der Waals surface area contributed by atoms with Crippen LogP contribution < -0.4 is 11.1 Å². The molecule has 3 rings (SSSR count). The lowest BCUT2D eigenvalue weighted by atomic mass is 10.1. The Morgan fingerprint density at radius 1 is 0.958 bits per heavy atom. The van der Waals surface area contributed by atoms with Gasteiger partial charge in [-0.25, -0.2) is 4.98 Å². The standard InChI is InChI=1S/C19H17ClN4/c20-15-9-11-16(12-10-15)23-19(21)24-18-8-4-7-17(22-18)13-14-5-2-1-3-6-14/h1-12H,13H2,(H3,21,22,23,24). The molecule has 0 bridgehead atoms. The monoisotopic (exact) mass is 336 g/mol. The maximum absolute atomic E-state index is 5.94. The van der Waals surface area contributed by atoms with Gasteiger partial charge in [-0.05, 0) is 42.0 Å². The highest BCUT2D eigenvalue weighted by molar-refractivity contribution is 6.30. The van der Waals surface area contributed by atoms with Crippen molar-refractivity contribution in [3.63, 3.8) is 0 Å². The normalized spacial score (nSPS) is 11.3. The molecule has 4 nitrogen and oxygen atoms in total. The van der Waals surface area contributed by atoms with E-state index in [1.54, 1.807) is 12.1 Å². The molecule has 2 aromatic carbocycles. The average molecular weight is 337 g/mol. The summed E-state index contributed by atoms with van der Waals surface area (Å²) in [4.78, 5) is 8.85. The number of rotatable bonds is 4. The van der Waals surface area contributed by atoms with Crippen molar-refractivity contribution in [2.75, 3.05) is 5.32 Å². The second kappa shape index (κ2) is 7.62. The first-order chi connectivity index (χ1) is 11.7. The second-order valence-corrected chi connectivity index (χ2v) is 5.71. The van der Waals surface area contributed by atoms with Gasteiger partial charge < -0.3 is 11.1 Å². The maximum atomic E-state index is 5.94. The molecule has 0 radical (unpaired) electrons. The Morgan fingerprint density at radius 2 is 1.71 bits per heavy atom. The van der Waals surface area contributed by atoms with Crippen LogP contribution in [-0.4, -0.2) is 10.9 Å². The van der Waals surface area contributed by atoms with E-state index in [9.17, 15) is 0 Å². The Hall–Kier alpha value is -2.85. The minimum Gasteiger partial charge on any atom is -0.369 e. The summed E-state index contributed by atoms with van der Waals surface area (Å²) >= 11 is 5.86. The smallest absolute Gasteiger partial charge is 0.199 e. The molecule has 1 heterocycles. The summed E-state index contributed by atoms with van der Waals surface area (Å²) in [5.41, 5.74) is 8.92. The number of hydrogen-bond acceptors (Lipinski definition) is 2. The summed E-state index contributed by atoms with van der Waals surface area (Å²) < 4.78 is 0. The van der Waals surface area contributed by atoms with E-state index in [0.717, 1.165) is 17.8 Å². The van der Waals surface area contributed by atoms with E-state index in [-0.39, 0.29) is 5.96 Å².